The molecule has 0 aromatic heterocycles. The van der Waals surface area contributed by atoms with E-state index in [2.05, 4.69) is 36.9 Å². The number of hydrogen-bond acceptors (Lipinski definition) is 3. The molecule has 1 N–H and O–H groups in total. The molecular weight excluding hydrogens is 350 g/mol. The zero-order valence-corrected chi connectivity index (χ0v) is 16.1. The van der Waals surface area contributed by atoms with Crippen molar-refractivity contribution in [1.82, 2.24) is 4.90 Å². The van der Waals surface area contributed by atoms with Crippen molar-refractivity contribution in [3.8, 4) is 5.75 Å². The van der Waals surface area contributed by atoms with Crippen LogP contribution in [0, 0.1) is 13.8 Å². The molecule has 2 unspecified atom stereocenters. The van der Waals surface area contributed by atoms with Gasteiger partial charge in [0.2, 0.25) is 0 Å². The fourth-order valence-electron chi connectivity index (χ4n) is 3.94. The highest BCUT2D eigenvalue weighted by Crippen LogP contribution is 2.41. The lowest BCUT2D eigenvalue weighted by Gasteiger charge is -2.34. The number of aryl methyl sites for hydroxylation is 2. The molecule has 2 atom stereocenters. The molecule has 1 saturated heterocycles. The van der Waals surface area contributed by atoms with Crippen molar-refractivity contribution in [2.45, 2.75) is 38.8 Å². The van der Waals surface area contributed by atoms with E-state index in [9.17, 15) is 9.90 Å². The molecule has 26 heavy (non-hydrogen) atoms. The Hall–Kier alpha value is -2.04. The van der Waals surface area contributed by atoms with Gasteiger partial charge in [-0.15, -0.1) is 0 Å². The molecule has 3 rings (SSSR count). The van der Waals surface area contributed by atoms with E-state index in [1.54, 1.807) is 13.2 Å². The molecule has 1 aliphatic heterocycles. The summed E-state index contributed by atoms with van der Waals surface area (Å²) in [7, 11) is 1.63. The Morgan fingerprint density at radius 1 is 1.23 bits per heavy atom. The first-order chi connectivity index (χ1) is 12.4. The minimum Gasteiger partial charge on any atom is -0.496 e. The first-order valence-corrected chi connectivity index (χ1v) is 9.19. The molecule has 1 heterocycles. The fraction of sp³-hybridized carbons (Fsp3) is 0.381. The van der Waals surface area contributed by atoms with Crippen LogP contribution >= 0.6 is 11.6 Å². The highest BCUT2D eigenvalue weighted by atomic mass is 35.5. The van der Waals surface area contributed by atoms with Gasteiger partial charge < -0.3 is 9.84 Å². The second kappa shape index (κ2) is 7.68. The SMILES string of the molecule is COc1ccc(Cl)cc1C(c1ccc(C)cc1C)N1CCCC1C(=O)O. The lowest BCUT2D eigenvalue weighted by atomic mass is 9.91. The van der Waals surface area contributed by atoms with Gasteiger partial charge in [-0.3, -0.25) is 9.69 Å². The molecule has 0 radical (unpaired) electrons. The van der Waals surface area contributed by atoms with Gasteiger partial charge >= 0.3 is 5.97 Å². The summed E-state index contributed by atoms with van der Waals surface area (Å²) >= 11 is 6.29. The summed E-state index contributed by atoms with van der Waals surface area (Å²) in [5.41, 5.74) is 4.30. The highest BCUT2D eigenvalue weighted by molar-refractivity contribution is 6.30. The van der Waals surface area contributed by atoms with Crippen LogP contribution in [0.3, 0.4) is 0 Å². The monoisotopic (exact) mass is 373 g/mol. The first kappa shape index (κ1) is 18.7. The van der Waals surface area contributed by atoms with E-state index in [0.717, 1.165) is 35.4 Å². The van der Waals surface area contributed by atoms with Gasteiger partial charge in [0.25, 0.3) is 0 Å². The number of likely N-dealkylation sites (tertiary alicyclic amines) is 1. The lowest BCUT2D eigenvalue weighted by molar-refractivity contribution is -0.142. The Bertz CT molecular complexity index is 821. The fourth-order valence-corrected chi connectivity index (χ4v) is 4.12. The van der Waals surface area contributed by atoms with E-state index in [-0.39, 0.29) is 6.04 Å². The van der Waals surface area contributed by atoms with Crippen molar-refractivity contribution in [2.75, 3.05) is 13.7 Å². The second-order valence-corrected chi connectivity index (χ2v) is 7.32. The first-order valence-electron chi connectivity index (χ1n) is 8.81. The number of hydrogen-bond donors (Lipinski definition) is 1. The highest BCUT2D eigenvalue weighted by Gasteiger charge is 2.38. The van der Waals surface area contributed by atoms with Crippen LogP contribution in [0.1, 0.15) is 41.1 Å². The number of rotatable bonds is 5. The molecule has 4 nitrogen and oxygen atoms in total. The van der Waals surface area contributed by atoms with Gasteiger partial charge in [-0.2, -0.15) is 0 Å². The van der Waals surface area contributed by atoms with Crippen LogP contribution in [0.5, 0.6) is 5.75 Å². The van der Waals surface area contributed by atoms with Crippen molar-refractivity contribution in [1.29, 1.82) is 0 Å². The molecule has 1 aliphatic rings. The maximum Gasteiger partial charge on any atom is 0.320 e. The van der Waals surface area contributed by atoms with Crippen molar-refractivity contribution in [3.05, 3.63) is 63.7 Å². The summed E-state index contributed by atoms with van der Waals surface area (Å²) in [6.07, 6.45) is 1.51. The molecule has 2 aromatic rings. The summed E-state index contributed by atoms with van der Waals surface area (Å²) in [6.45, 7) is 4.85. The standard InChI is InChI=1S/C21H24ClNO3/c1-13-6-8-16(14(2)11-13)20(23-10-4-5-18(23)21(24)25)17-12-15(22)7-9-19(17)26-3/h6-9,11-12,18,20H,4-5,10H2,1-3H3,(H,24,25). The van der Waals surface area contributed by atoms with Crippen molar-refractivity contribution in [3.63, 3.8) is 0 Å². The molecule has 138 valence electrons. The third-order valence-electron chi connectivity index (χ3n) is 5.12. The molecule has 5 heteroatoms. The average molecular weight is 374 g/mol. The second-order valence-electron chi connectivity index (χ2n) is 6.88. The smallest absolute Gasteiger partial charge is 0.320 e. The van der Waals surface area contributed by atoms with E-state index in [1.165, 1.54) is 5.56 Å². The van der Waals surface area contributed by atoms with Crippen LogP contribution in [0.4, 0.5) is 0 Å². The molecular formula is C21H24ClNO3. The topological polar surface area (TPSA) is 49.8 Å². The minimum absolute atomic E-state index is 0.215. The maximum atomic E-state index is 11.8. The normalized spacial score (nSPS) is 18.7. The van der Waals surface area contributed by atoms with E-state index in [0.29, 0.717) is 11.4 Å². The maximum absolute atomic E-state index is 11.8. The third-order valence-corrected chi connectivity index (χ3v) is 5.35. The largest absolute Gasteiger partial charge is 0.496 e. The molecule has 0 aliphatic carbocycles. The zero-order valence-electron chi connectivity index (χ0n) is 15.3. The number of benzene rings is 2. The van der Waals surface area contributed by atoms with Gasteiger partial charge in [0.1, 0.15) is 11.8 Å². The van der Waals surface area contributed by atoms with Crippen LogP contribution in [0.25, 0.3) is 0 Å². The summed E-state index contributed by atoms with van der Waals surface area (Å²) in [5, 5.41) is 10.3. The zero-order chi connectivity index (χ0) is 18.8. The Labute approximate surface area is 159 Å². The van der Waals surface area contributed by atoms with Gasteiger partial charge in [0.05, 0.1) is 13.2 Å². The van der Waals surface area contributed by atoms with Crippen LogP contribution < -0.4 is 4.74 Å². The molecule has 1 fully saturated rings. The van der Waals surface area contributed by atoms with Gasteiger partial charge in [0, 0.05) is 17.1 Å². The molecule has 0 bridgehead atoms. The van der Waals surface area contributed by atoms with E-state index in [4.69, 9.17) is 16.3 Å². The number of nitrogens with zero attached hydrogens (tertiary/aromatic N) is 1. The van der Waals surface area contributed by atoms with E-state index in [1.807, 2.05) is 12.1 Å². The molecule has 2 aromatic carbocycles. The van der Waals surface area contributed by atoms with Crippen LogP contribution in [0.15, 0.2) is 36.4 Å². The van der Waals surface area contributed by atoms with Gasteiger partial charge in [0.15, 0.2) is 0 Å². The number of ether oxygens (including phenoxy) is 1. The summed E-state index contributed by atoms with van der Waals surface area (Å²) in [5.74, 6) is -0.0614. The Morgan fingerprint density at radius 3 is 2.65 bits per heavy atom. The van der Waals surface area contributed by atoms with E-state index < -0.39 is 12.0 Å². The van der Waals surface area contributed by atoms with Crippen molar-refractivity contribution >= 4 is 17.6 Å². The number of aliphatic carboxylic acids is 1. The van der Waals surface area contributed by atoms with Crippen molar-refractivity contribution < 1.29 is 14.6 Å². The summed E-state index contributed by atoms with van der Waals surface area (Å²) < 4.78 is 5.59. The van der Waals surface area contributed by atoms with Gasteiger partial charge in [-0.25, -0.2) is 0 Å². The van der Waals surface area contributed by atoms with Crippen molar-refractivity contribution in [2.24, 2.45) is 0 Å². The molecule has 0 spiro atoms. The Balaban J connectivity index is 2.20. The predicted molar refractivity (Wildman–Crippen MR) is 103 cm³/mol. The number of carboxylic acid groups (broad SMARTS) is 1. The van der Waals surface area contributed by atoms with E-state index >= 15 is 0 Å². The minimum atomic E-state index is -0.779. The number of methoxy groups -OCH3 is 1. The Morgan fingerprint density at radius 2 is 2.00 bits per heavy atom. The predicted octanol–water partition coefficient (Wildman–Crippen LogP) is 4.60. The molecule has 0 saturated carbocycles. The molecule has 0 amide bonds. The van der Waals surface area contributed by atoms with Crippen LogP contribution in [-0.2, 0) is 4.79 Å². The number of carbonyl (C=O) groups is 1. The quantitative estimate of drug-likeness (QED) is 0.831. The van der Waals surface area contributed by atoms with Crippen LogP contribution in [-0.4, -0.2) is 35.7 Å². The Kier molecular flexibility index (Phi) is 5.54. The van der Waals surface area contributed by atoms with Gasteiger partial charge in [-0.05, 0) is 56.0 Å². The van der Waals surface area contributed by atoms with Gasteiger partial charge in [-0.1, -0.05) is 35.4 Å². The number of carboxylic acids is 1. The summed E-state index contributed by atoms with van der Waals surface area (Å²) in [6, 6.07) is 11.1. The third kappa shape index (κ3) is 3.57. The number of halogens is 1. The summed E-state index contributed by atoms with van der Waals surface area (Å²) in [4.78, 5) is 13.9. The van der Waals surface area contributed by atoms with Crippen LogP contribution in [0.2, 0.25) is 5.02 Å². The lowest BCUT2D eigenvalue weighted by Crippen LogP contribution is -2.39. The average Bonchev–Trinajstić information content (AvgIpc) is 3.07.